The van der Waals surface area contributed by atoms with Crippen LogP contribution in [0.3, 0.4) is 0 Å². The normalized spacial score (nSPS) is 29.9. The molecule has 1 nitrogen and oxygen atoms in total. The Balaban J connectivity index is 1.89. The summed E-state index contributed by atoms with van der Waals surface area (Å²) >= 11 is 0. The van der Waals surface area contributed by atoms with Crippen molar-refractivity contribution in [1.82, 2.24) is 0 Å². The molecular formula is C19H34O. The largest absolute Gasteiger partial charge is 0.374 e. The van der Waals surface area contributed by atoms with Gasteiger partial charge in [0.15, 0.2) is 0 Å². The second-order valence-electron chi connectivity index (χ2n) is 6.81. The minimum absolute atomic E-state index is 0.522. The smallest absolute Gasteiger partial charge is 0.0644 e. The number of ether oxygens (including phenoxy) is 1. The lowest BCUT2D eigenvalue weighted by atomic mass is 9.77. The predicted molar refractivity (Wildman–Crippen MR) is 87.0 cm³/mol. The first-order chi connectivity index (χ1) is 9.85. The summed E-state index contributed by atoms with van der Waals surface area (Å²) in [6, 6.07) is 0. The van der Waals surface area contributed by atoms with Crippen LogP contribution in [0.4, 0.5) is 0 Å². The fourth-order valence-electron chi connectivity index (χ4n) is 3.93. The van der Waals surface area contributed by atoms with Crippen LogP contribution in [-0.2, 0) is 4.74 Å². The highest BCUT2D eigenvalue weighted by atomic mass is 16.5. The van der Waals surface area contributed by atoms with E-state index in [2.05, 4.69) is 19.9 Å². The van der Waals surface area contributed by atoms with Gasteiger partial charge in [-0.25, -0.2) is 0 Å². The predicted octanol–water partition coefficient (Wildman–Crippen LogP) is 6.03. The third-order valence-electron chi connectivity index (χ3n) is 5.10. The molecule has 1 fully saturated rings. The lowest BCUT2D eigenvalue weighted by Gasteiger charge is -2.41. The van der Waals surface area contributed by atoms with Gasteiger partial charge in [-0.2, -0.15) is 0 Å². The summed E-state index contributed by atoms with van der Waals surface area (Å²) in [5.74, 6) is 0.767. The molecule has 2 rings (SSSR count). The van der Waals surface area contributed by atoms with Crippen LogP contribution in [0.15, 0.2) is 11.6 Å². The number of rotatable bonds is 8. The minimum Gasteiger partial charge on any atom is -0.374 e. The van der Waals surface area contributed by atoms with Gasteiger partial charge < -0.3 is 4.74 Å². The molecule has 1 heteroatoms. The molecule has 1 saturated heterocycles. The van der Waals surface area contributed by atoms with Crippen LogP contribution in [0.2, 0.25) is 0 Å². The average Bonchev–Trinajstić information content (AvgIpc) is 2.48. The summed E-state index contributed by atoms with van der Waals surface area (Å²) in [7, 11) is 0. The first kappa shape index (κ1) is 16.1. The van der Waals surface area contributed by atoms with Crippen LogP contribution in [0.25, 0.3) is 0 Å². The van der Waals surface area contributed by atoms with E-state index in [-0.39, 0.29) is 0 Å². The molecule has 0 spiro atoms. The number of allylic oxidation sites excluding steroid dienone is 1. The molecule has 3 atom stereocenters. The van der Waals surface area contributed by atoms with Gasteiger partial charge in [0.05, 0.1) is 12.2 Å². The second-order valence-corrected chi connectivity index (χ2v) is 6.81. The highest BCUT2D eigenvalue weighted by Crippen LogP contribution is 2.40. The molecule has 0 unspecified atom stereocenters. The molecule has 0 bridgehead atoms. The van der Waals surface area contributed by atoms with E-state index >= 15 is 0 Å². The van der Waals surface area contributed by atoms with E-state index in [0.717, 1.165) is 5.92 Å². The third-order valence-corrected chi connectivity index (χ3v) is 5.10. The Morgan fingerprint density at radius 3 is 2.55 bits per heavy atom. The summed E-state index contributed by atoms with van der Waals surface area (Å²) in [5.41, 5.74) is 1.76. The quantitative estimate of drug-likeness (QED) is 0.389. The van der Waals surface area contributed by atoms with Gasteiger partial charge >= 0.3 is 0 Å². The highest BCUT2D eigenvalue weighted by Gasteiger charge is 2.34. The second kappa shape index (κ2) is 8.87. The van der Waals surface area contributed by atoms with Crippen LogP contribution in [-0.4, -0.2) is 12.2 Å². The van der Waals surface area contributed by atoms with E-state index < -0.39 is 0 Å². The van der Waals surface area contributed by atoms with Gasteiger partial charge in [-0.3, -0.25) is 0 Å². The van der Waals surface area contributed by atoms with Gasteiger partial charge in [0.2, 0.25) is 0 Å². The molecule has 2 aliphatic rings. The van der Waals surface area contributed by atoms with Crippen LogP contribution >= 0.6 is 0 Å². The van der Waals surface area contributed by atoms with Crippen molar-refractivity contribution in [2.24, 2.45) is 5.92 Å². The van der Waals surface area contributed by atoms with E-state index in [4.69, 9.17) is 4.74 Å². The monoisotopic (exact) mass is 278 g/mol. The van der Waals surface area contributed by atoms with E-state index in [9.17, 15) is 0 Å². The van der Waals surface area contributed by atoms with Crippen molar-refractivity contribution < 1.29 is 4.74 Å². The number of hydrogen-bond donors (Lipinski definition) is 0. The Bertz CT molecular complexity index is 294. The summed E-state index contributed by atoms with van der Waals surface area (Å²) in [4.78, 5) is 0. The molecule has 20 heavy (non-hydrogen) atoms. The zero-order chi connectivity index (χ0) is 14.2. The van der Waals surface area contributed by atoms with Gasteiger partial charge in [-0.15, -0.1) is 0 Å². The maximum absolute atomic E-state index is 6.51. The molecular weight excluding hydrogens is 244 g/mol. The lowest BCUT2D eigenvalue weighted by molar-refractivity contribution is -0.0714. The molecule has 1 aliphatic carbocycles. The summed E-state index contributed by atoms with van der Waals surface area (Å²) in [6.45, 7) is 4.58. The zero-order valence-corrected chi connectivity index (χ0v) is 13.7. The fourth-order valence-corrected chi connectivity index (χ4v) is 3.93. The van der Waals surface area contributed by atoms with Crippen molar-refractivity contribution in [1.29, 1.82) is 0 Å². The van der Waals surface area contributed by atoms with Gasteiger partial charge in [-0.05, 0) is 38.5 Å². The van der Waals surface area contributed by atoms with Gasteiger partial charge in [0.1, 0.15) is 0 Å². The Morgan fingerprint density at radius 1 is 1.05 bits per heavy atom. The van der Waals surface area contributed by atoms with E-state index in [0.29, 0.717) is 12.2 Å². The van der Waals surface area contributed by atoms with Crippen LogP contribution in [0.5, 0.6) is 0 Å². The molecule has 0 saturated carbocycles. The van der Waals surface area contributed by atoms with Crippen molar-refractivity contribution in [3.05, 3.63) is 11.6 Å². The Morgan fingerprint density at radius 2 is 1.80 bits per heavy atom. The van der Waals surface area contributed by atoms with E-state index in [1.807, 2.05) is 0 Å². The molecule has 0 aromatic rings. The molecule has 0 aromatic heterocycles. The van der Waals surface area contributed by atoms with Crippen LogP contribution in [0.1, 0.15) is 90.9 Å². The summed E-state index contributed by atoms with van der Waals surface area (Å²) in [6.07, 6.45) is 19.6. The molecule has 0 aromatic carbocycles. The Hall–Kier alpha value is -0.300. The van der Waals surface area contributed by atoms with Crippen LogP contribution in [0, 0.1) is 5.92 Å². The van der Waals surface area contributed by atoms with Crippen molar-refractivity contribution in [3.8, 4) is 0 Å². The van der Waals surface area contributed by atoms with Crippen molar-refractivity contribution in [2.75, 3.05) is 0 Å². The Kier molecular flexibility index (Phi) is 7.13. The van der Waals surface area contributed by atoms with Crippen LogP contribution < -0.4 is 0 Å². The highest BCUT2D eigenvalue weighted by molar-refractivity contribution is 5.15. The molecule has 0 N–H and O–H groups in total. The van der Waals surface area contributed by atoms with Gasteiger partial charge in [-0.1, -0.05) is 64.0 Å². The first-order valence-electron chi connectivity index (χ1n) is 9.19. The molecule has 0 radical (unpaired) electrons. The topological polar surface area (TPSA) is 9.23 Å². The van der Waals surface area contributed by atoms with Crippen molar-refractivity contribution in [3.63, 3.8) is 0 Å². The minimum atomic E-state index is 0.522. The molecule has 1 aliphatic heterocycles. The number of hydrogen-bond acceptors (Lipinski definition) is 1. The van der Waals surface area contributed by atoms with Gasteiger partial charge in [0.25, 0.3) is 0 Å². The van der Waals surface area contributed by atoms with Crippen molar-refractivity contribution >= 4 is 0 Å². The maximum atomic E-state index is 6.51. The lowest BCUT2D eigenvalue weighted by Crippen LogP contribution is -2.38. The molecule has 0 amide bonds. The maximum Gasteiger partial charge on any atom is 0.0644 e. The van der Waals surface area contributed by atoms with Gasteiger partial charge in [0, 0.05) is 5.92 Å². The first-order valence-corrected chi connectivity index (χ1v) is 9.19. The standard InChI is InChI=1S/C19H34O/c1-3-5-7-12-17-15-16-11-9-10-13-18(16)19(20-17)14-8-6-4-2/h11,17-19H,3-10,12-15H2,1-2H3/t17-,18-,19+/m0/s1. The summed E-state index contributed by atoms with van der Waals surface area (Å²) in [5, 5.41) is 0. The SMILES string of the molecule is CCCCC[C@H]1CC2=CCCC[C@@H]2[C@@H](CCCCC)O1. The number of unbranched alkanes of at least 4 members (excludes halogenated alkanes) is 4. The Labute approximate surface area is 126 Å². The zero-order valence-electron chi connectivity index (χ0n) is 13.7. The average molecular weight is 278 g/mol. The van der Waals surface area contributed by atoms with E-state index in [1.54, 1.807) is 5.57 Å². The van der Waals surface area contributed by atoms with E-state index in [1.165, 1.54) is 77.0 Å². The summed E-state index contributed by atoms with van der Waals surface area (Å²) < 4.78 is 6.51. The fraction of sp³-hybridized carbons (Fsp3) is 0.895. The molecule has 1 heterocycles. The van der Waals surface area contributed by atoms with Crippen molar-refractivity contribution in [2.45, 2.75) is 103 Å². The third kappa shape index (κ3) is 4.62. The molecule has 116 valence electrons. The number of fused-ring (bicyclic) bond motifs is 1.